The number of fused-ring (bicyclic) bond motifs is 1. The average molecular weight is 231 g/mol. The van der Waals surface area contributed by atoms with Gasteiger partial charge in [0.25, 0.3) is 0 Å². The standard InChI is InChI=1S/C15H21NO/c1-17-14-7-6-11-4-5-12(15(11)10-14)9-13-3-2-8-16-13/h6-7,10,12-13,16H,2-5,8-9H2,1H3. The molecule has 0 spiro atoms. The van der Waals surface area contributed by atoms with Crippen molar-refractivity contribution < 1.29 is 4.74 Å². The maximum absolute atomic E-state index is 5.34. The molecule has 2 atom stereocenters. The third kappa shape index (κ3) is 2.19. The first kappa shape index (κ1) is 11.1. The zero-order valence-corrected chi connectivity index (χ0v) is 10.5. The predicted molar refractivity (Wildman–Crippen MR) is 69.7 cm³/mol. The molecule has 1 saturated heterocycles. The third-order valence-electron chi connectivity index (χ3n) is 4.29. The Morgan fingerprint density at radius 3 is 3.06 bits per heavy atom. The molecule has 2 unspecified atom stereocenters. The van der Waals surface area contributed by atoms with Crippen molar-refractivity contribution in [3.8, 4) is 5.75 Å². The van der Waals surface area contributed by atoms with Crippen LogP contribution in [-0.2, 0) is 6.42 Å². The van der Waals surface area contributed by atoms with Gasteiger partial charge in [-0.2, -0.15) is 0 Å². The van der Waals surface area contributed by atoms with E-state index in [0.29, 0.717) is 0 Å². The first-order valence-electron chi connectivity index (χ1n) is 6.77. The Balaban J connectivity index is 1.76. The molecule has 0 amide bonds. The summed E-state index contributed by atoms with van der Waals surface area (Å²) in [4.78, 5) is 0. The van der Waals surface area contributed by atoms with E-state index < -0.39 is 0 Å². The summed E-state index contributed by atoms with van der Waals surface area (Å²) in [6.07, 6.45) is 6.58. The van der Waals surface area contributed by atoms with Crippen molar-refractivity contribution in [3.63, 3.8) is 0 Å². The smallest absolute Gasteiger partial charge is 0.119 e. The Hall–Kier alpha value is -1.02. The molecule has 1 aromatic carbocycles. The fraction of sp³-hybridized carbons (Fsp3) is 0.600. The molecular weight excluding hydrogens is 210 g/mol. The molecule has 0 bridgehead atoms. The second kappa shape index (κ2) is 4.69. The van der Waals surface area contributed by atoms with Gasteiger partial charge >= 0.3 is 0 Å². The normalized spacial score (nSPS) is 27.1. The van der Waals surface area contributed by atoms with Crippen molar-refractivity contribution in [3.05, 3.63) is 29.3 Å². The molecule has 0 saturated carbocycles. The second-order valence-electron chi connectivity index (χ2n) is 5.33. The summed E-state index contributed by atoms with van der Waals surface area (Å²) in [5, 5.41) is 3.61. The Morgan fingerprint density at radius 2 is 2.29 bits per heavy atom. The monoisotopic (exact) mass is 231 g/mol. The maximum Gasteiger partial charge on any atom is 0.119 e. The molecular formula is C15H21NO. The molecule has 1 N–H and O–H groups in total. The molecule has 1 heterocycles. The van der Waals surface area contributed by atoms with Crippen LogP contribution in [0.15, 0.2) is 18.2 Å². The molecule has 1 aliphatic heterocycles. The number of benzene rings is 1. The summed E-state index contributed by atoms with van der Waals surface area (Å²) < 4.78 is 5.34. The highest BCUT2D eigenvalue weighted by Gasteiger charge is 2.26. The minimum Gasteiger partial charge on any atom is -0.497 e. The minimum atomic E-state index is 0.746. The quantitative estimate of drug-likeness (QED) is 0.863. The van der Waals surface area contributed by atoms with Crippen LogP contribution in [0.5, 0.6) is 5.75 Å². The van der Waals surface area contributed by atoms with Crippen LogP contribution in [0.25, 0.3) is 0 Å². The minimum absolute atomic E-state index is 0.746. The van der Waals surface area contributed by atoms with Crippen molar-refractivity contribution in [2.45, 2.75) is 44.1 Å². The van der Waals surface area contributed by atoms with E-state index in [9.17, 15) is 0 Å². The summed E-state index contributed by atoms with van der Waals surface area (Å²) in [6.45, 7) is 1.21. The fourth-order valence-corrected chi connectivity index (χ4v) is 3.34. The number of ether oxygens (including phenoxy) is 1. The number of hydrogen-bond acceptors (Lipinski definition) is 2. The first-order valence-corrected chi connectivity index (χ1v) is 6.77. The molecule has 2 heteroatoms. The third-order valence-corrected chi connectivity index (χ3v) is 4.29. The SMILES string of the molecule is COc1ccc2c(c1)C(CC1CCCN1)CC2. The first-order chi connectivity index (χ1) is 8.36. The van der Waals surface area contributed by atoms with Crippen molar-refractivity contribution >= 4 is 0 Å². The highest BCUT2D eigenvalue weighted by molar-refractivity contribution is 5.41. The van der Waals surface area contributed by atoms with Crippen LogP contribution >= 0.6 is 0 Å². The van der Waals surface area contributed by atoms with Gasteiger partial charge in [-0.1, -0.05) is 6.07 Å². The molecule has 17 heavy (non-hydrogen) atoms. The van der Waals surface area contributed by atoms with Gasteiger partial charge in [0.2, 0.25) is 0 Å². The number of methoxy groups -OCH3 is 1. The van der Waals surface area contributed by atoms with E-state index >= 15 is 0 Å². The van der Waals surface area contributed by atoms with E-state index in [0.717, 1.165) is 17.7 Å². The largest absolute Gasteiger partial charge is 0.497 e. The molecule has 1 aromatic rings. The van der Waals surface area contributed by atoms with Crippen LogP contribution < -0.4 is 10.1 Å². The van der Waals surface area contributed by atoms with Gasteiger partial charge in [0, 0.05) is 6.04 Å². The van der Waals surface area contributed by atoms with Gasteiger partial charge in [-0.15, -0.1) is 0 Å². The summed E-state index contributed by atoms with van der Waals surface area (Å²) in [5.74, 6) is 1.76. The zero-order chi connectivity index (χ0) is 11.7. The van der Waals surface area contributed by atoms with Crippen molar-refractivity contribution in [1.29, 1.82) is 0 Å². The Bertz CT molecular complexity index is 396. The number of hydrogen-bond donors (Lipinski definition) is 1. The zero-order valence-electron chi connectivity index (χ0n) is 10.5. The van der Waals surface area contributed by atoms with Gasteiger partial charge in [-0.25, -0.2) is 0 Å². The molecule has 1 fully saturated rings. The number of rotatable bonds is 3. The van der Waals surface area contributed by atoms with Gasteiger partial charge in [0.1, 0.15) is 5.75 Å². The molecule has 2 nitrogen and oxygen atoms in total. The lowest BCUT2D eigenvalue weighted by molar-refractivity contribution is 0.413. The Labute approximate surface area is 103 Å². The molecule has 2 aliphatic rings. The Morgan fingerprint density at radius 1 is 1.35 bits per heavy atom. The van der Waals surface area contributed by atoms with Crippen molar-refractivity contribution in [2.24, 2.45) is 0 Å². The van der Waals surface area contributed by atoms with Crippen molar-refractivity contribution in [1.82, 2.24) is 5.32 Å². The molecule has 92 valence electrons. The number of aryl methyl sites for hydroxylation is 1. The lowest BCUT2D eigenvalue weighted by Gasteiger charge is -2.17. The van der Waals surface area contributed by atoms with E-state index in [1.54, 1.807) is 7.11 Å². The van der Waals surface area contributed by atoms with E-state index in [4.69, 9.17) is 4.74 Å². The topological polar surface area (TPSA) is 21.3 Å². The summed E-state index contributed by atoms with van der Waals surface area (Å²) >= 11 is 0. The fourth-order valence-electron chi connectivity index (χ4n) is 3.34. The van der Waals surface area contributed by atoms with E-state index in [1.807, 2.05) is 0 Å². The van der Waals surface area contributed by atoms with Crippen LogP contribution in [0.3, 0.4) is 0 Å². The summed E-state index contributed by atoms with van der Waals surface area (Å²) in [5.41, 5.74) is 3.08. The van der Waals surface area contributed by atoms with Crippen LogP contribution in [-0.4, -0.2) is 19.7 Å². The lowest BCUT2D eigenvalue weighted by atomic mass is 9.93. The summed E-state index contributed by atoms with van der Waals surface area (Å²) in [7, 11) is 1.75. The highest BCUT2D eigenvalue weighted by atomic mass is 16.5. The molecule has 0 radical (unpaired) electrons. The second-order valence-corrected chi connectivity index (χ2v) is 5.33. The van der Waals surface area contributed by atoms with Gasteiger partial charge in [0.05, 0.1) is 7.11 Å². The van der Waals surface area contributed by atoms with E-state index in [-0.39, 0.29) is 0 Å². The molecule has 1 aliphatic carbocycles. The van der Waals surface area contributed by atoms with Crippen LogP contribution in [0.1, 0.15) is 42.7 Å². The van der Waals surface area contributed by atoms with Gasteiger partial charge in [-0.3, -0.25) is 0 Å². The highest BCUT2D eigenvalue weighted by Crippen LogP contribution is 2.38. The average Bonchev–Trinajstić information content (AvgIpc) is 2.99. The van der Waals surface area contributed by atoms with E-state index in [2.05, 4.69) is 23.5 Å². The molecule has 3 rings (SSSR count). The van der Waals surface area contributed by atoms with Crippen LogP contribution in [0.2, 0.25) is 0 Å². The lowest BCUT2D eigenvalue weighted by Crippen LogP contribution is -2.23. The maximum atomic E-state index is 5.34. The van der Waals surface area contributed by atoms with Gasteiger partial charge < -0.3 is 10.1 Å². The van der Waals surface area contributed by atoms with Crippen LogP contribution in [0.4, 0.5) is 0 Å². The van der Waals surface area contributed by atoms with Crippen molar-refractivity contribution in [2.75, 3.05) is 13.7 Å². The summed E-state index contributed by atoms with van der Waals surface area (Å²) in [6, 6.07) is 7.34. The number of nitrogens with one attached hydrogen (secondary N) is 1. The van der Waals surface area contributed by atoms with Crippen LogP contribution in [0, 0.1) is 0 Å². The predicted octanol–water partition coefficient (Wildman–Crippen LogP) is 2.87. The Kier molecular flexibility index (Phi) is 3.06. The van der Waals surface area contributed by atoms with Gasteiger partial charge in [-0.05, 0) is 67.8 Å². The van der Waals surface area contributed by atoms with E-state index in [1.165, 1.54) is 49.8 Å². The van der Waals surface area contributed by atoms with Gasteiger partial charge in [0.15, 0.2) is 0 Å². The molecule has 0 aromatic heterocycles.